The average Bonchev–Trinajstić information content (AvgIpc) is 2.86. The van der Waals surface area contributed by atoms with E-state index in [9.17, 15) is 0 Å². The lowest BCUT2D eigenvalue weighted by Crippen LogP contribution is -2.27. The number of fused-ring (bicyclic) bond motifs is 4. The van der Waals surface area contributed by atoms with E-state index in [0.717, 1.165) is 13.0 Å². The molecule has 0 saturated carbocycles. The Labute approximate surface area is 127 Å². The van der Waals surface area contributed by atoms with Gasteiger partial charge in [0.15, 0.2) is 12.3 Å². The fraction of sp³-hybridized carbons (Fsp3) is 0.350. The molecule has 1 nitrogen and oxygen atoms in total. The Balaban J connectivity index is 1.91. The van der Waals surface area contributed by atoms with E-state index in [1.165, 1.54) is 33.7 Å². The van der Waals surface area contributed by atoms with Gasteiger partial charge in [-0.2, -0.15) is 4.58 Å². The summed E-state index contributed by atoms with van der Waals surface area (Å²) in [5.41, 5.74) is 8.86. The van der Waals surface area contributed by atoms with Gasteiger partial charge in [-0.15, -0.1) is 0 Å². The molecule has 1 unspecified atom stereocenters. The lowest BCUT2D eigenvalue weighted by molar-refractivity contribution is -0.445. The van der Waals surface area contributed by atoms with Crippen molar-refractivity contribution in [2.24, 2.45) is 5.92 Å². The van der Waals surface area contributed by atoms with Crippen LogP contribution in [0.15, 0.2) is 48.1 Å². The molecule has 0 bridgehead atoms. The Morgan fingerprint density at radius 3 is 2.86 bits per heavy atom. The predicted octanol–water partition coefficient (Wildman–Crippen LogP) is 4.65. The maximum Gasteiger partial charge on any atom is 0.212 e. The first-order valence-corrected chi connectivity index (χ1v) is 7.97. The smallest absolute Gasteiger partial charge is 0.191 e. The maximum atomic E-state index is 2.54. The van der Waals surface area contributed by atoms with Gasteiger partial charge in [0.1, 0.15) is 0 Å². The van der Waals surface area contributed by atoms with Gasteiger partial charge in [-0.3, -0.25) is 0 Å². The summed E-state index contributed by atoms with van der Waals surface area (Å²) >= 11 is 0. The Bertz CT molecular complexity index is 741. The van der Waals surface area contributed by atoms with E-state index in [4.69, 9.17) is 0 Å². The fourth-order valence-electron chi connectivity index (χ4n) is 3.85. The second-order valence-electron chi connectivity index (χ2n) is 6.77. The summed E-state index contributed by atoms with van der Waals surface area (Å²) in [4.78, 5) is 0. The normalized spacial score (nSPS) is 22.8. The van der Waals surface area contributed by atoms with Crippen molar-refractivity contribution in [1.29, 1.82) is 0 Å². The third kappa shape index (κ3) is 1.87. The first-order valence-electron chi connectivity index (χ1n) is 7.97. The molecular formula is C20H22N+. The largest absolute Gasteiger partial charge is 0.212 e. The van der Waals surface area contributed by atoms with Gasteiger partial charge >= 0.3 is 0 Å². The Kier molecular flexibility index (Phi) is 2.78. The number of hydrogen-bond donors (Lipinski definition) is 0. The van der Waals surface area contributed by atoms with Crippen LogP contribution in [0.2, 0.25) is 0 Å². The van der Waals surface area contributed by atoms with Crippen molar-refractivity contribution >= 4 is 11.4 Å². The highest BCUT2D eigenvalue weighted by atomic mass is 15.1. The number of allylic oxidation sites excluding steroid dienone is 5. The summed E-state index contributed by atoms with van der Waals surface area (Å²) in [5.74, 6) is 1.16. The first-order chi connectivity index (χ1) is 10.1. The highest BCUT2D eigenvalue weighted by molar-refractivity contribution is 5.98. The highest BCUT2D eigenvalue weighted by Gasteiger charge is 2.39. The number of hydrogen-bond acceptors (Lipinski definition) is 0. The first kappa shape index (κ1) is 12.8. The molecule has 0 fully saturated rings. The standard InChI is InChI=1S/C20H22N/c1-13(2)15-8-9-17-12-21-19-7-5-4-6-16(19)10-14(3)20(21)18(17)11-15/h4-9,11,13,16H,10,12H2,1-3H3/q+1. The molecule has 1 aliphatic carbocycles. The average molecular weight is 276 g/mol. The van der Waals surface area contributed by atoms with Crippen molar-refractivity contribution in [3.8, 4) is 0 Å². The van der Waals surface area contributed by atoms with Crippen LogP contribution in [0.5, 0.6) is 0 Å². The van der Waals surface area contributed by atoms with Crippen LogP contribution in [0.1, 0.15) is 49.8 Å². The zero-order chi connectivity index (χ0) is 14.6. The Hall–Kier alpha value is -1.89. The van der Waals surface area contributed by atoms with E-state index in [2.05, 4.69) is 67.8 Å². The van der Waals surface area contributed by atoms with Crippen LogP contribution in [-0.2, 0) is 6.54 Å². The monoisotopic (exact) mass is 276 g/mol. The molecule has 2 heterocycles. The minimum absolute atomic E-state index is 0.567. The van der Waals surface area contributed by atoms with Crippen LogP contribution < -0.4 is 0 Å². The predicted molar refractivity (Wildman–Crippen MR) is 88.5 cm³/mol. The van der Waals surface area contributed by atoms with E-state index < -0.39 is 0 Å². The van der Waals surface area contributed by atoms with Crippen LogP contribution in [-0.4, -0.2) is 10.3 Å². The maximum absolute atomic E-state index is 2.54. The zero-order valence-corrected chi connectivity index (χ0v) is 13.1. The molecule has 1 atom stereocenters. The topological polar surface area (TPSA) is 3.01 Å². The third-order valence-corrected chi connectivity index (χ3v) is 5.00. The fourth-order valence-corrected chi connectivity index (χ4v) is 3.85. The van der Waals surface area contributed by atoms with Gasteiger partial charge in [0, 0.05) is 17.2 Å². The van der Waals surface area contributed by atoms with Crippen molar-refractivity contribution in [3.63, 3.8) is 0 Å². The summed E-state index contributed by atoms with van der Waals surface area (Å²) in [5, 5.41) is 0. The molecule has 2 aliphatic heterocycles. The molecule has 1 aromatic carbocycles. The van der Waals surface area contributed by atoms with Crippen molar-refractivity contribution in [2.75, 3.05) is 0 Å². The second kappa shape index (κ2) is 4.56. The summed E-state index contributed by atoms with van der Waals surface area (Å²) < 4.78 is 2.54. The van der Waals surface area contributed by atoms with E-state index in [1.807, 2.05) is 0 Å². The summed E-state index contributed by atoms with van der Waals surface area (Å²) in [6.45, 7) is 7.89. The van der Waals surface area contributed by atoms with Crippen LogP contribution in [0.3, 0.4) is 0 Å². The molecule has 0 aromatic heterocycles. The van der Waals surface area contributed by atoms with Gasteiger partial charge in [0.25, 0.3) is 0 Å². The van der Waals surface area contributed by atoms with Gasteiger partial charge in [0.2, 0.25) is 5.70 Å². The van der Waals surface area contributed by atoms with Gasteiger partial charge in [-0.1, -0.05) is 44.2 Å². The van der Waals surface area contributed by atoms with Gasteiger partial charge in [-0.25, -0.2) is 0 Å². The van der Waals surface area contributed by atoms with Crippen LogP contribution in [0.4, 0.5) is 0 Å². The lowest BCUT2D eigenvalue weighted by Gasteiger charge is -2.20. The van der Waals surface area contributed by atoms with Crippen molar-refractivity contribution in [3.05, 3.63) is 64.8 Å². The molecule has 4 rings (SSSR count). The van der Waals surface area contributed by atoms with Gasteiger partial charge < -0.3 is 0 Å². The van der Waals surface area contributed by atoms with Crippen LogP contribution >= 0.6 is 0 Å². The molecule has 106 valence electrons. The molecule has 0 amide bonds. The minimum Gasteiger partial charge on any atom is -0.191 e. The molecule has 0 radical (unpaired) electrons. The Morgan fingerprint density at radius 1 is 1.19 bits per heavy atom. The van der Waals surface area contributed by atoms with Crippen molar-refractivity contribution < 1.29 is 4.58 Å². The number of benzene rings is 1. The summed E-state index contributed by atoms with van der Waals surface area (Å²) in [7, 11) is 0. The Morgan fingerprint density at radius 2 is 2.05 bits per heavy atom. The molecule has 3 aliphatic rings. The quantitative estimate of drug-likeness (QED) is 0.657. The van der Waals surface area contributed by atoms with Crippen LogP contribution in [0.25, 0.3) is 5.70 Å². The van der Waals surface area contributed by atoms with E-state index >= 15 is 0 Å². The molecule has 1 heteroatoms. The lowest BCUT2D eigenvalue weighted by atomic mass is 9.87. The van der Waals surface area contributed by atoms with E-state index in [0.29, 0.717) is 11.8 Å². The second-order valence-corrected chi connectivity index (χ2v) is 6.77. The van der Waals surface area contributed by atoms with E-state index in [-0.39, 0.29) is 0 Å². The van der Waals surface area contributed by atoms with Crippen molar-refractivity contribution in [1.82, 2.24) is 0 Å². The van der Waals surface area contributed by atoms with Crippen molar-refractivity contribution in [2.45, 2.75) is 39.7 Å². The number of nitrogens with zero attached hydrogens (tertiary/aromatic N) is 1. The van der Waals surface area contributed by atoms with Gasteiger partial charge in [-0.05, 0) is 30.9 Å². The van der Waals surface area contributed by atoms with Gasteiger partial charge in [0.05, 0.1) is 11.5 Å². The summed E-state index contributed by atoms with van der Waals surface area (Å²) in [6, 6.07) is 7.06. The summed E-state index contributed by atoms with van der Waals surface area (Å²) in [6.07, 6.45) is 10.2. The molecule has 1 aromatic rings. The molecule has 0 spiro atoms. The molecular weight excluding hydrogens is 254 g/mol. The SMILES string of the molecule is CC1=C2c3cc(C(C)C)ccc3C[N+]2=C2C=CC=CC2C1. The molecule has 21 heavy (non-hydrogen) atoms. The highest BCUT2D eigenvalue weighted by Crippen LogP contribution is 2.40. The van der Waals surface area contributed by atoms with Crippen LogP contribution in [0, 0.1) is 5.92 Å². The minimum atomic E-state index is 0.567. The third-order valence-electron chi connectivity index (χ3n) is 5.00. The molecule has 0 saturated heterocycles. The van der Waals surface area contributed by atoms with E-state index in [1.54, 1.807) is 0 Å². The number of rotatable bonds is 1. The molecule has 0 N–H and O–H groups in total. The zero-order valence-electron chi connectivity index (χ0n) is 13.1.